The Kier molecular flexibility index (Phi) is 12.4. The largest absolute Gasteiger partial charge is 0.300 e. The maximum atomic E-state index is 11.1. The lowest BCUT2D eigenvalue weighted by molar-refractivity contribution is -0.121. The van der Waals surface area contributed by atoms with Crippen LogP contribution in [0.4, 0.5) is 0 Å². The zero-order valence-corrected chi connectivity index (χ0v) is 8.45. The van der Waals surface area contributed by atoms with Gasteiger partial charge in [0.15, 0.2) is 0 Å². The molecule has 14 heavy (non-hydrogen) atoms. The van der Waals surface area contributed by atoms with E-state index in [4.69, 9.17) is 1.12 Å². The molecule has 3 heteroatoms. The Hall–Kier alpha value is -0.310. The van der Waals surface area contributed by atoms with Gasteiger partial charge in [-0.3, -0.25) is 4.79 Å². The van der Waals surface area contributed by atoms with Gasteiger partial charge in [-0.25, -0.2) is 0 Å². The summed E-state index contributed by atoms with van der Waals surface area (Å²) in [4.78, 5) is 21.8. The summed E-state index contributed by atoms with van der Waals surface area (Å²) in [6, 6.07) is 0. The van der Waals surface area contributed by atoms with Gasteiger partial charge in [0.05, 0.1) is 0 Å². The number of Topliss-reactive ketones (excluding diaryl/α,β-unsaturated/α-hetero) is 2. The van der Waals surface area contributed by atoms with Crippen LogP contribution in [0.5, 0.6) is 0 Å². The van der Waals surface area contributed by atoms with Gasteiger partial charge in [0.2, 0.25) is 0 Å². The summed E-state index contributed by atoms with van der Waals surface area (Å²) in [5.41, 5.74) is 0. The molecule has 0 aromatic carbocycles. The van der Waals surface area contributed by atoms with Crippen molar-refractivity contribution < 1.29 is 9.59 Å². The van der Waals surface area contributed by atoms with Crippen molar-refractivity contribution in [2.45, 2.75) is 48.0 Å². The summed E-state index contributed by atoms with van der Waals surface area (Å²) in [7, 11) is 0. The molecule has 86 valence electrons. The molecule has 0 N–H and O–H groups in total. The van der Waals surface area contributed by atoms with Gasteiger partial charge < -0.3 is 4.79 Å². The third-order valence-electron chi connectivity index (χ3n) is 1.89. The Bertz CT molecular complexity index is 183. The van der Waals surface area contributed by atoms with Crippen molar-refractivity contribution in [3.8, 4) is 0 Å². The van der Waals surface area contributed by atoms with Gasteiger partial charge in [0.1, 0.15) is 12.7 Å². The van der Waals surface area contributed by atoms with E-state index in [2.05, 4.69) is 0 Å². The minimum atomic E-state index is -0.0262. The average molecular weight is 222 g/mol. The Morgan fingerprint density at radius 1 is 1.29 bits per heavy atom. The molecule has 0 aromatic rings. The molecule has 0 aliphatic carbocycles. The first-order valence-corrected chi connectivity index (χ1v) is 4.73. The summed E-state index contributed by atoms with van der Waals surface area (Å²) < 4.78 is 6.89. The summed E-state index contributed by atoms with van der Waals surface area (Å²) in [5.74, 6) is 0.907. The first kappa shape index (κ1) is 16.1. The van der Waals surface area contributed by atoms with E-state index < -0.39 is 0 Å². The molecule has 0 amide bonds. The highest BCUT2D eigenvalue weighted by molar-refractivity contribution is 7.80. The quantitative estimate of drug-likeness (QED) is 0.671. The molecule has 0 rings (SSSR count). The number of carbonyl (C=O) groups is 2. The monoisotopic (exact) mass is 222 g/mol. The fraction of sp³-hybridized carbons (Fsp3) is 0.818. The van der Waals surface area contributed by atoms with Crippen molar-refractivity contribution in [1.29, 1.82) is 1.12 Å². The standard InChI is InChI=1S/C9H16O2S.2CH4/c1-7(10)3-4-9(5-6-12)8(2)11;;/h9,12H,3-6H2,1-2H3;2*1H4/i/hT. The van der Waals surface area contributed by atoms with Crippen LogP contribution in [0.2, 0.25) is 0 Å². The van der Waals surface area contributed by atoms with Crippen LogP contribution in [0.3, 0.4) is 0 Å². The van der Waals surface area contributed by atoms with Crippen molar-refractivity contribution in [3.05, 3.63) is 0 Å². The van der Waals surface area contributed by atoms with Crippen LogP contribution in [0.1, 0.15) is 48.0 Å². The highest BCUT2D eigenvalue weighted by Crippen LogP contribution is 2.13. The lowest BCUT2D eigenvalue weighted by Gasteiger charge is -2.10. The second kappa shape index (κ2) is 10.8. The lowest BCUT2D eigenvalue weighted by Crippen LogP contribution is -2.12. The summed E-state index contributed by atoms with van der Waals surface area (Å²) in [6.45, 7) is 3.09. The second-order valence-corrected chi connectivity index (χ2v) is 3.45. The number of thiol groups is 1. The van der Waals surface area contributed by atoms with Crippen LogP contribution in [-0.2, 0) is 9.59 Å². The summed E-state index contributed by atoms with van der Waals surface area (Å²) >= 11 is 0.994. The minimum Gasteiger partial charge on any atom is -0.300 e. The zero-order valence-electron chi connectivity index (χ0n) is 8.63. The number of ketones is 2. The minimum absolute atomic E-state index is 0. The molecule has 1 unspecified atom stereocenters. The smallest absolute Gasteiger partial charge is 0.132 e. The number of carbonyl (C=O) groups excluding carboxylic acids is 2. The maximum absolute atomic E-state index is 11.1. The molecule has 0 aliphatic rings. The fourth-order valence-corrected chi connectivity index (χ4v) is 1.36. The Labute approximate surface area is 95.0 Å². The van der Waals surface area contributed by atoms with Crippen molar-refractivity contribution in [2.75, 3.05) is 5.75 Å². The van der Waals surface area contributed by atoms with Crippen LogP contribution in [0.15, 0.2) is 0 Å². The number of hydrogen-bond acceptors (Lipinski definition) is 3. The molecule has 1 atom stereocenters. The van der Waals surface area contributed by atoms with E-state index in [0.717, 1.165) is 19.0 Å². The molecule has 0 aliphatic heterocycles. The highest BCUT2D eigenvalue weighted by atomic mass is 32.1. The molecule has 0 spiro atoms. The van der Waals surface area contributed by atoms with Crippen molar-refractivity contribution in [2.24, 2.45) is 5.92 Å². The normalized spacial score (nSPS) is 11.7. The molecule has 0 heterocycles. The third kappa shape index (κ3) is 9.78. The van der Waals surface area contributed by atoms with E-state index in [9.17, 15) is 9.59 Å². The SMILES string of the molecule is C.C.[3H]SCCC(CCC(C)=O)C(C)=O. The molecule has 2 nitrogen and oxygen atoms in total. The maximum Gasteiger partial charge on any atom is 0.132 e. The van der Waals surface area contributed by atoms with E-state index in [1.165, 1.54) is 6.92 Å². The molecule has 0 aromatic heterocycles. The highest BCUT2D eigenvalue weighted by Gasteiger charge is 2.13. The van der Waals surface area contributed by atoms with Crippen LogP contribution in [0.25, 0.3) is 0 Å². The molecule has 0 radical (unpaired) electrons. The molecule has 0 bridgehead atoms. The van der Waals surface area contributed by atoms with Crippen molar-refractivity contribution in [3.63, 3.8) is 0 Å². The molecule has 0 saturated carbocycles. The van der Waals surface area contributed by atoms with E-state index in [0.29, 0.717) is 18.6 Å². The average Bonchev–Trinajstić information content (AvgIpc) is 2.03. The first-order chi connectivity index (χ1) is 6.07. The van der Waals surface area contributed by atoms with Crippen molar-refractivity contribution in [1.82, 2.24) is 0 Å². The van der Waals surface area contributed by atoms with E-state index in [1.807, 2.05) is 0 Å². The van der Waals surface area contributed by atoms with E-state index in [1.54, 1.807) is 6.92 Å². The van der Waals surface area contributed by atoms with Gasteiger partial charge in [-0.2, -0.15) is 12.5 Å². The van der Waals surface area contributed by atoms with Crippen LogP contribution in [-0.4, -0.2) is 18.4 Å². The number of rotatable bonds is 7. The first-order valence-electron chi connectivity index (χ1n) is 4.56. The predicted octanol–water partition coefficient (Wildman–Crippen LogP) is 3.15. The zero-order chi connectivity index (χ0) is 10.3. The topological polar surface area (TPSA) is 34.1 Å². The number of hydrogen-bond donors (Lipinski definition) is 1. The van der Waals surface area contributed by atoms with Crippen LogP contribution in [0, 0.1) is 5.92 Å². The summed E-state index contributed by atoms with van der Waals surface area (Å²) in [5, 5.41) is 0. The van der Waals surface area contributed by atoms with Crippen LogP contribution < -0.4 is 0 Å². The molecular weight excluding hydrogens is 196 g/mol. The molecule has 0 fully saturated rings. The third-order valence-corrected chi connectivity index (χ3v) is 2.12. The fourth-order valence-electron chi connectivity index (χ4n) is 1.07. The Balaban J connectivity index is -0.000000720. The van der Waals surface area contributed by atoms with Gasteiger partial charge in [-0.1, -0.05) is 14.9 Å². The summed E-state index contributed by atoms with van der Waals surface area (Å²) in [6.07, 6.45) is 1.84. The lowest BCUT2D eigenvalue weighted by atomic mass is 9.95. The van der Waals surface area contributed by atoms with Gasteiger partial charge >= 0.3 is 0 Å². The molecule has 0 saturated heterocycles. The second-order valence-electron chi connectivity index (χ2n) is 3.04. The van der Waals surface area contributed by atoms with Crippen molar-refractivity contribution >= 4 is 24.1 Å². The molecular formula is C11H24O2S. The van der Waals surface area contributed by atoms with Gasteiger partial charge in [-0.05, 0) is 32.4 Å². The Morgan fingerprint density at radius 3 is 2.21 bits per heavy atom. The van der Waals surface area contributed by atoms with E-state index >= 15 is 0 Å². The van der Waals surface area contributed by atoms with Gasteiger partial charge in [0, 0.05) is 12.3 Å². The predicted molar refractivity (Wildman–Crippen MR) is 66.0 cm³/mol. The van der Waals surface area contributed by atoms with Gasteiger partial charge in [-0.15, -0.1) is 0 Å². The Morgan fingerprint density at radius 2 is 1.86 bits per heavy atom. The van der Waals surface area contributed by atoms with Crippen LogP contribution >= 0.6 is 12.5 Å². The van der Waals surface area contributed by atoms with Gasteiger partial charge in [0.25, 0.3) is 0 Å². The van der Waals surface area contributed by atoms with E-state index in [-0.39, 0.29) is 32.3 Å².